The molecule has 112 valence electrons. The average molecular weight is 308 g/mol. The van der Waals surface area contributed by atoms with Gasteiger partial charge in [0.25, 0.3) is 0 Å². The first-order valence-corrected chi connectivity index (χ1v) is 6.22. The minimum Gasteiger partial charge on any atom is -0.497 e. The first kappa shape index (κ1) is 16.8. The Morgan fingerprint density at radius 2 is 1.48 bits per heavy atom. The lowest BCUT2D eigenvalue weighted by atomic mass is 10.2. The van der Waals surface area contributed by atoms with Crippen molar-refractivity contribution in [3.05, 3.63) is 54.1 Å². The summed E-state index contributed by atoms with van der Waals surface area (Å²) < 4.78 is 5.05. The van der Waals surface area contributed by atoms with Crippen LogP contribution in [0.2, 0.25) is 0 Å². The number of carbonyl (C=O) groups is 1. The van der Waals surface area contributed by atoms with Crippen LogP contribution in [0, 0.1) is 0 Å². The number of hydrogen-bond acceptors (Lipinski definition) is 3. The van der Waals surface area contributed by atoms with Crippen molar-refractivity contribution in [2.24, 2.45) is 5.73 Å². The van der Waals surface area contributed by atoms with E-state index in [1.165, 1.54) is 0 Å². The van der Waals surface area contributed by atoms with Crippen LogP contribution >= 0.6 is 12.4 Å². The Morgan fingerprint density at radius 1 is 1.00 bits per heavy atom. The molecule has 0 radical (unpaired) electrons. The fourth-order valence-corrected chi connectivity index (χ4v) is 1.69. The molecule has 0 aliphatic heterocycles. The number of halogens is 1. The van der Waals surface area contributed by atoms with Crippen molar-refractivity contribution in [1.82, 2.24) is 0 Å². The summed E-state index contributed by atoms with van der Waals surface area (Å²) in [4.78, 5) is 11.8. The molecule has 2 aromatic rings. The predicted octanol–water partition coefficient (Wildman–Crippen LogP) is 3.22. The molecule has 0 aromatic heterocycles. The van der Waals surface area contributed by atoms with Gasteiger partial charge in [-0.1, -0.05) is 12.1 Å². The van der Waals surface area contributed by atoms with E-state index in [1.807, 2.05) is 24.3 Å². The molecule has 0 fully saturated rings. The van der Waals surface area contributed by atoms with E-state index in [4.69, 9.17) is 10.5 Å². The number of benzene rings is 2. The summed E-state index contributed by atoms with van der Waals surface area (Å²) in [6.07, 6.45) is 0. The Labute approximate surface area is 129 Å². The summed E-state index contributed by atoms with van der Waals surface area (Å²) in [7, 11) is 1.60. The van der Waals surface area contributed by atoms with Crippen molar-refractivity contribution in [3.63, 3.8) is 0 Å². The Balaban J connectivity index is 0.00000220. The van der Waals surface area contributed by atoms with E-state index in [0.29, 0.717) is 17.9 Å². The standard InChI is InChI=1S/C15H17N3O2.ClH/c1-20-14-8-6-13(7-9-14)18-15(19)17-12-4-2-11(10-16)3-5-12;/h2-9H,10,16H2,1H3,(H2,17,18,19);1H. The molecule has 0 spiro atoms. The number of rotatable bonds is 4. The average Bonchev–Trinajstić information content (AvgIpc) is 2.49. The summed E-state index contributed by atoms with van der Waals surface area (Å²) in [6, 6.07) is 14.2. The zero-order chi connectivity index (χ0) is 14.4. The van der Waals surface area contributed by atoms with Crippen LogP contribution in [0.4, 0.5) is 16.2 Å². The van der Waals surface area contributed by atoms with E-state index in [1.54, 1.807) is 31.4 Å². The van der Waals surface area contributed by atoms with Crippen molar-refractivity contribution in [2.45, 2.75) is 6.54 Å². The number of nitrogens with one attached hydrogen (secondary N) is 2. The van der Waals surface area contributed by atoms with E-state index in [2.05, 4.69) is 10.6 Å². The number of amides is 2. The van der Waals surface area contributed by atoms with E-state index >= 15 is 0 Å². The number of hydrogen-bond donors (Lipinski definition) is 3. The molecule has 5 nitrogen and oxygen atoms in total. The minimum atomic E-state index is -0.296. The third-order valence-electron chi connectivity index (χ3n) is 2.80. The van der Waals surface area contributed by atoms with Gasteiger partial charge in [0, 0.05) is 17.9 Å². The van der Waals surface area contributed by atoms with E-state index < -0.39 is 0 Å². The lowest BCUT2D eigenvalue weighted by Crippen LogP contribution is -2.19. The third kappa shape index (κ3) is 4.98. The van der Waals surface area contributed by atoms with Crippen LogP contribution in [0.5, 0.6) is 5.75 Å². The molecular formula is C15H18ClN3O2. The summed E-state index contributed by atoms with van der Waals surface area (Å²) in [5.74, 6) is 0.744. The summed E-state index contributed by atoms with van der Waals surface area (Å²) in [5.41, 5.74) is 7.95. The molecule has 2 aromatic carbocycles. The second-order valence-corrected chi connectivity index (χ2v) is 4.21. The van der Waals surface area contributed by atoms with E-state index in [-0.39, 0.29) is 18.4 Å². The molecule has 0 bridgehead atoms. The third-order valence-corrected chi connectivity index (χ3v) is 2.80. The molecule has 2 amide bonds. The molecule has 0 aliphatic rings. The molecule has 0 saturated heterocycles. The van der Waals surface area contributed by atoms with Crippen LogP contribution in [-0.4, -0.2) is 13.1 Å². The maximum absolute atomic E-state index is 11.8. The van der Waals surface area contributed by atoms with Crippen molar-refractivity contribution >= 4 is 29.8 Å². The van der Waals surface area contributed by atoms with Gasteiger partial charge in [-0.2, -0.15) is 0 Å². The first-order chi connectivity index (χ1) is 9.71. The number of urea groups is 1. The molecule has 21 heavy (non-hydrogen) atoms. The van der Waals surface area contributed by atoms with Crippen LogP contribution in [0.25, 0.3) is 0 Å². The van der Waals surface area contributed by atoms with Gasteiger partial charge < -0.3 is 21.1 Å². The molecule has 0 aliphatic carbocycles. The topological polar surface area (TPSA) is 76.4 Å². The highest BCUT2D eigenvalue weighted by Crippen LogP contribution is 2.15. The summed E-state index contributed by atoms with van der Waals surface area (Å²) >= 11 is 0. The highest BCUT2D eigenvalue weighted by Gasteiger charge is 2.02. The number of ether oxygens (including phenoxy) is 1. The van der Waals surface area contributed by atoms with Gasteiger partial charge in [-0.15, -0.1) is 12.4 Å². The molecule has 4 N–H and O–H groups in total. The van der Waals surface area contributed by atoms with Crippen LogP contribution in [0.15, 0.2) is 48.5 Å². The van der Waals surface area contributed by atoms with Crippen molar-refractivity contribution in [2.75, 3.05) is 17.7 Å². The Morgan fingerprint density at radius 3 is 1.90 bits per heavy atom. The van der Waals surface area contributed by atoms with Crippen molar-refractivity contribution < 1.29 is 9.53 Å². The lowest BCUT2D eigenvalue weighted by Gasteiger charge is -2.08. The number of nitrogens with two attached hydrogens (primary N) is 1. The zero-order valence-corrected chi connectivity index (χ0v) is 12.4. The Bertz CT molecular complexity index is 519. The van der Waals surface area contributed by atoms with Crippen LogP contribution in [0.1, 0.15) is 5.56 Å². The highest BCUT2D eigenvalue weighted by atomic mass is 35.5. The molecule has 6 heteroatoms. The highest BCUT2D eigenvalue weighted by molar-refractivity contribution is 5.99. The van der Waals surface area contributed by atoms with Crippen molar-refractivity contribution in [1.29, 1.82) is 0 Å². The second-order valence-electron chi connectivity index (χ2n) is 4.21. The fourth-order valence-electron chi connectivity index (χ4n) is 1.69. The predicted molar refractivity (Wildman–Crippen MR) is 87.2 cm³/mol. The van der Waals surface area contributed by atoms with Gasteiger partial charge in [-0.05, 0) is 42.0 Å². The quantitative estimate of drug-likeness (QED) is 0.811. The van der Waals surface area contributed by atoms with E-state index in [0.717, 1.165) is 11.3 Å². The smallest absolute Gasteiger partial charge is 0.323 e. The minimum absolute atomic E-state index is 0. The normalized spacial score (nSPS) is 9.43. The monoisotopic (exact) mass is 307 g/mol. The molecule has 2 rings (SSSR count). The van der Waals surface area contributed by atoms with Gasteiger partial charge in [0.2, 0.25) is 0 Å². The maximum atomic E-state index is 11.8. The number of anilines is 2. The maximum Gasteiger partial charge on any atom is 0.323 e. The van der Waals surface area contributed by atoms with Gasteiger partial charge in [-0.25, -0.2) is 4.79 Å². The summed E-state index contributed by atoms with van der Waals surface area (Å²) in [6.45, 7) is 0.484. The van der Waals surface area contributed by atoms with Crippen LogP contribution in [-0.2, 0) is 6.54 Å². The number of carbonyl (C=O) groups excluding carboxylic acids is 1. The second kappa shape index (κ2) is 8.14. The molecule has 0 heterocycles. The molecule has 0 atom stereocenters. The Kier molecular flexibility index (Phi) is 6.52. The zero-order valence-electron chi connectivity index (χ0n) is 11.6. The fraction of sp³-hybridized carbons (Fsp3) is 0.133. The van der Waals surface area contributed by atoms with Gasteiger partial charge in [0.1, 0.15) is 5.75 Å². The van der Waals surface area contributed by atoms with Crippen molar-refractivity contribution in [3.8, 4) is 5.75 Å². The summed E-state index contributed by atoms with van der Waals surface area (Å²) in [5, 5.41) is 5.49. The van der Waals surface area contributed by atoms with E-state index in [9.17, 15) is 4.79 Å². The van der Waals surface area contributed by atoms with Crippen LogP contribution < -0.4 is 21.1 Å². The van der Waals surface area contributed by atoms with Gasteiger partial charge >= 0.3 is 6.03 Å². The van der Waals surface area contributed by atoms with Gasteiger partial charge in [0.05, 0.1) is 7.11 Å². The molecular weight excluding hydrogens is 290 g/mol. The molecule has 0 unspecified atom stereocenters. The Hall–Kier alpha value is -2.24. The first-order valence-electron chi connectivity index (χ1n) is 6.22. The molecule has 0 saturated carbocycles. The SMILES string of the molecule is COc1ccc(NC(=O)Nc2ccc(CN)cc2)cc1.Cl. The lowest BCUT2D eigenvalue weighted by molar-refractivity contribution is 0.262. The van der Waals surface area contributed by atoms with Gasteiger partial charge in [-0.3, -0.25) is 0 Å². The largest absolute Gasteiger partial charge is 0.497 e. The van der Waals surface area contributed by atoms with Crippen LogP contribution in [0.3, 0.4) is 0 Å². The number of methoxy groups -OCH3 is 1. The van der Waals surface area contributed by atoms with Gasteiger partial charge in [0.15, 0.2) is 0 Å².